The molecule has 3 aromatic rings. The van der Waals surface area contributed by atoms with Gasteiger partial charge in [-0.3, -0.25) is 9.69 Å². The first-order chi connectivity index (χ1) is 15.1. The second kappa shape index (κ2) is 9.36. The van der Waals surface area contributed by atoms with Crippen molar-refractivity contribution in [1.29, 1.82) is 0 Å². The zero-order valence-electron chi connectivity index (χ0n) is 17.4. The van der Waals surface area contributed by atoms with Gasteiger partial charge in [-0.15, -0.1) is 0 Å². The number of halogens is 1. The second-order valence-corrected chi connectivity index (χ2v) is 7.54. The highest BCUT2D eigenvalue weighted by Crippen LogP contribution is 2.27. The number of rotatable bonds is 6. The van der Waals surface area contributed by atoms with Crippen LogP contribution in [0.3, 0.4) is 0 Å². The number of hydrogen-bond acceptors (Lipinski definition) is 7. The Balaban J connectivity index is 1.36. The molecule has 2 aromatic carbocycles. The third-order valence-corrected chi connectivity index (χ3v) is 5.57. The Kier molecular flexibility index (Phi) is 6.39. The van der Waals surface area contributed by atoms with E-state index in [1.807, 2.05) is 23.1 Å². The topological polar surface area (TPSA) is 80.9 Å². The average molecular weight is 443 g/mol. The van der Waals surface area contributed by atoms with Crippen molar-refractivity contribution in [3.05, 3.63) is 58.9 Å². The molecule has 162 valence electrons. The molecule has 31 heavy (non-hydrogen) atoms. The van der Waals surface area contributed by atoms with E-state index in [-0.39, 0.29) is 5.91 Å². The number of methoxy groups -OCH3 is 2. The van der Waals surface area contributed by atoms with Crippen molar-refractivity contribution in [3.8, 4) is 23.0 Å². The number of nitrogens with zero attached hydrogens (tertiary/aromatic N) is 4. The Hall–Kier alpha value is -3.10. The molecule has 1 aromatic heterocycles. The number of benzene rings is 2. The largest absolute Gasteiger partial charge is 0.497 e. The monoisotopic (exact) mass is 442 g/mol. The molecule has 9 heteroatoms. The zero-order chi connectivity index (χ0) is 21.8. The molecule has 1 fully saturated rings. The van der Waals surface area contributed by atoms with Crippen LogP contribution in [0.5, 0.6) is 11.5 Å². The van der Waals surface area contributed by atoms with Crippen molar-refractivity contribution < 1.29 is 18.8 Å². The van der Waals surface area contributed by atoms with Crippen molar-refractivity contribution in [2.75, 3.05) is 40.4 Å². The maximum Gasteiger partial charge on any atom is 0.259 e. The van der Waals surface area contributed by atoms with Gasteiger partial charge in [0.15, 0.2) is 5.82 Å². The Morgan fingerprint density at radius 1 is 1.10 bits per heavy atom. The van der Waals surface area contributed by atoms with Crippen molar-refractivity contribution in [2.45, 2.75) is 6.54 Å². The van der Waals surface area contributed by atoms with Gasteiger partial charge in [0.2, 0.25) is 0 Å². The fourth-order valence-corrected chi connectivity index (χ4v) is 3.73. The molecular formula is C22H23ClN4O4. The summed E-state index contributed by atoms with van der Waals surface area (Å²) in [7, 11) is 3.13. The van der Waals surface area contributed by atoms with E-state index >= 15 is 0 Å². The number of amides is 1. The smallest absolute Gasteiger partial charge is 0.259 e. The van der Waals surface area contributed by atoms with Crippen LogP contribution in [0.4, 0.5) is 0 Å². The fraction of sp³-hybridized carbons (Fsp3) is 0.318. The number of hydrogen-bond donors (Lipinski definition) is 0. The van der Waals surface area contributed by atoms with Crippen LogP contribution < -0.4 is 9.47 Å². The normalized spacial score (nSPS) is 14.5. The predicted octanol–water partition coefficient (Wildman–Crippen LogP) is 3.37. The van der Waals surface area contributed by atoms with Crippen LogP contribution in [0.25, 0.3) is 11.5 Å². The van der Waals surface area contributed by atoms with Gasteiger partial charge in [0.1, 0.15) is 11.5 Å². The molecule has 1 amide bonds. The highest BCUT2D eigenvalue weighted by molar-refractivity contribution is 6.33. The molecule has 0 spiro atoms. The van der Waals surface area contributed by atoms with Crippen molar-refractivity contribution in [2.24, 2.45) is 0 Å². The van der Waals surface area contributed by atoms with Crippen LogP contribution in [0.2, 0.25) is 5.02 Å². The van der Waals surface area contributed by atoms with E-state index in [1.54, 1.807) is 38.5 Å². The summed E-state index contributed by atoms with van der Waals surface area (Å²) in [5.74, 6) is 2.09. The zero-order valence-corrected chi connectivity index (χ0v) is 18.1. The highest BCUT2D eigenvalue weighted by Gasteiger charge is 2.25. The van der Waals surface area contributed by atoms with Gasteiger partial charge in [0.05, 0.1) is 36.9 Å². The van der Waals surface area contributed by atoms with Crippen LogP contribution in [-0.4, -0.2) is 66.2 Å². The quantitative estimate of drug-likeness (QED) is 0.579. The molecule has 0 bridgehead atoms. The number of piperazine rings is 1. The minimum Gasteiger partial charge on any atom is -0.497 e. The number of carbonyl (C=O) groups excluding carboxylic acids is 1. The molecule has 0 saturated carbocycles. The van der Waals surface area contributed by atoms with E-state index in [0.29, 0.717) is 72.1 Å². The lowest BCUT2D eigenvalue weighted by Gasteiger charge is -2.34. The molecule has 0 radical (unpaired) electrons. The summed E-state index contributed by atoms with van der Waals surface area (Å²) >= 11 is 6.20. The van der Waals surface area contributed by atoms with Gasteiger partial charge >= 0.3 is 0 Å². The van der Waals surface area contributed by atoms with Gasteiger partial charge < -0.3 is 18.9 Å². The van der Waals surface area contributed by atoms with Crippen LogP contribution in [0.15, 0.2) is 47.0 Å². The highest BCUT2D eigenvalue weighted by atomic mass is 35.5. The van der Waals surface area contributed by atoms with Crippen LogP contribution in [-0.2, 0) is 6.54 Å². The maximum absolute atomic E-state index is 13.0. The lowest BCUT2D eigenvalue weighted by molar-refractivity contribution is 0.0621. The van der Waals surface area contributed by atoms with E-state index in [9.17, 15) is 4.79 Å². The first-order valence-electron chi connectivity index (χ1n) is 9.90. The number of aromatic nitrogens is 2. The van der Waals surface area contributed by atoms with Gasteiger partial charge in [0.25, 0.3) is 11.8 Å². The summed E-state index contributed by atoms with van der Waals surface area (Å²) in [5, 5.41) is 4.64. The summed E-state index contributed by atoms with van der Waals surface area (Å²) in [6, 6.07) is 12.6. The Bertz CT molecular complexity index is 1060. The Morgan fingerprint density at radius 3 is 2.58 bits per heavy atom. The van der Waals surface area contributed by atoms with Gasteiger partial charge in [-0.05, 0) is 24.3 Å². The van der Waals surface area contributed by atoms with Gasteiger partial charge in [-0.25, -0.2) is 0 Å². The molecule has 1 saturated heterocycles. The third-order valence-electron chi connectivity index (χ3n) is 5.24. The molecule has 8 nitrogen and oxygen atoms in total. The lowest BCUT2D eigenvalue weighted by Crippen LogP contribution is -2.48. The standard InChI is InChI=1S/C22H23ClN4O4/c1-29-15-7-8-17(19(13-15)30-2)22(28)27-11-9-26(10-12-27)14-20-24-21(31-25-20)16-5-3-4-6-18(16)23/h3-8,13H,9-12,14H2,1-2H3. The molecule has 0 N–H and O–H groups in total. The van der Waals surface area contributed by atoms with Crippen molar-refractivity contribution in [3.63, 3.8) is 0 Å². The van der Waals surface area contributed by atoms with Crippen LogP contribution in [0.1, 0.15) is 16.2 Å². The summed E-state index contributed by atoms with van der Waals surface area (Å²) in [6.45, 7) is 3.16. The van der Waals surface area contributed by atoms with Crippen molar-refractivity contribution >= 4 is 17.5 Å². The maximum atomic E-state index is 13.0. The SMILES string of the molecule is COc1ccc(C(=O)N2CCN(Cc3noc(-c4ccccc4Cl)n3)CC2)c(OC)c1. The molecule has 2 heterocycles. The van der Waals surface area contributed by atoms with E-state index in [0.717, 1.165) is 0 Å². The number of ether oxygens (including phenoxy) is 2. The van der Waals surface area contributed by atoms with Crippen molar-refractivity contribution in [1.82, 2.24) is 19.9 Å². The van der Waals surface area contributed by atoms with E-state index in [2.05, 4.69) is 15.0 Å². The van der Waals surface area contributed by atoms with Crippen LogP contribution in [0, 0.1) is 0 Å². The Labute approximate surface area is 185 Å². The molecule has 4 rings (SSSR count). The second-order valence-electron chi connectivity index (χ2n) is 7.13. The third kappa shape index (κ3) is 4.65. The predicted molar refractivity (Wildman–Crippen MR) is 115 cm³/mol. The van der Waals surface area contributed by atoms with E-state index in [4.69, 9.17) is 25.6 Å². The molecule has 0 aliphatic carbocycles. The first kappa shape index (κ1) is 21.1. The molecular weight excluding hydrogens is 420 g/mol. The molecule has 1 aliphatic heterocycles. The lowest BCUT2D eigenvalue weighted by atomic mass is 10.1. The molecule has 0 atom stereocenters. The van der Waals surface area contributed by atoms with Crippen LogP contribution >= 0.6 is 11.6 Å². The first-order valence-corrected chi connectivity index (χ1v) is 10.3. The number of carbonyl (C=O) groups is 1. The summed E-state index contributed by atoms with van der Waals surface area (Å²) in [5.41, 5.74) is 1.24. The Morgan fingerprint density at radius 2 is 1.87 bits per heavy atom. The fourth-order valence-electron chi connectivity index (χ4n) is 3.52. The minimum atomic E-state index is -0.0558. The molecule has 1 aliphatic rings. The summed E-state index contributed by atoms with van der Waals surface area (Å²) in [4.78, 5) is 21.5. The van der Waals surface area contributed by atoms with E-state index < -0.39 is 0 Å². The minimum absolute atomic E-state index is 0.0558. The van der Waals surface area contributed by atoms with Gasteiger partial charge in [-0.1, -0.05) is 28.9 Å². The molecule has 0 unspecified atom stereocenters. The summed E-state index contributed by atoms with van der Waals surface area (Å²) < 4.78 is 16.0. The van der Waals surface area contributed by atoms with E-state index in [1.165, 1.54) is 0 Å². The summed E-state index contributed by atoms with van der Waals surface area (Å²) in [6.07, 6.45) is 0. The van der Waals surface area contributed by atoms with Gasteiger partial charge in [0, 0.05) is 32.2 Å². The van der Waals surface area contributed by atoms with Gasteiger partial charge in [-0.2, -0.15) is 4.98 Å². The average Bonchev–Trinajstić information content (AvgIpc) is 3.27.